The van der Waals surface area contributed by atoms with Crippen LogP contribution in [0.25, 0.3) is 0 Å². The van der Waals surface area contributed by atoms with Gasteiger partial charge in [0, 0.05) is 6.42 Å². The average molecular weight is 540 g/mol. The number of amides is 3. The minimum absolute atomic E-state index is 0.0278. The van der Waals surface area contributed by atoms with Gasteiger partial charge < -0.3 is 25.8 Å². The molecule has 3 amide bonds. The third-order valence-electron chi connectivity index (χ3n) is 5.81. The van der Waals surface area contributed by atoms with E-state index in [1.54, 1.807) is 45.0 Å². The van der Waals surface area contributed by atoms with E-state index in [9.17, 15) is 24.3 Å². The number of carboxylic acids is 1. The molecular weight excluding hydrogens is 498 g/mol. The molecule has 0 aliphatic rings. The first-order valence-electron chi connectivity index (χ1n) is 13.2. The number of carbonyl (C=O) groups excluding carboxylic acids is 3. The number of hydrogen-bond acceptors (Lipinski definition) is 5. The summed E-state index contributed by atoms with van der Waals surface area (Å²) in [6, 6.07) is 15.4. The van der Waals surface area contributed by atoms with Crippen molar-refractivity contribution in [3.05, 3.63) is 71.8 Å². The van der Waals surface area contributed by atoms with Gasteiger partial charge in [0.1, 0.15) is 23.7 Å². The average Bonchev–Trinajstić information content (AvgIpc) is 2.85. The van der Waals surface area contributed by atoms with Gasteiger partial charge in [-0.25, -0.2) is 9.59 Å². The predicted molar refractivity (Wildman–Crippen MR) is 149 cm³/mol. The van der Waals surface area contributed by atoms with Crippen molar-refractivity contribution in [1.82, 2.24) is 16.0 Å². The highest BCUT2D eigenvalue weighted by molar-refractivity contribution is 5.93. The Morgan fingerprint density at radius 1 is 0.769 bits per heavy atom. The lowest BCUT2D eigenvalue weighted by Crippen LogP contribution is -2.56. The largest absolute Gasteiger partial charge is 0.480 e. The normalized spacial score (nSPS) is 13.6. The van der Waals surface area contributed by atoms with Gasteiger partial charge in [0.25, 0.3) is 0 Å². The zero-order valence-corrected chi connectivity index (χ0v) is 23.4. The van der Waals surface area contributed by atoms with E-state index >= 15 is 0 Å². The van der Waals surface area contributed by atoms with Crippen LogP contribution < -0.4 is 16.0 Å². The molecule has 1 unspecified atom stereocenters. The summed E-state index contributed by atoms with van der Waals surface area (Å²) in [5, 5.41) is 17.7. The molecule has 9 nitrogen and oxygen atoms in total. The zero-order valence-electron chi connectivity index (χ0n) is 23.4. The number of nitrogens with one attached hydrogen (secondary N) is 3. The number of alkyl carbamates (subject to hydrolysis) is 1. The maximum Gasteiger partial charge on any atom is 0.408 e. The molecule has 39 heavy (non-hydrogen) atoms. The Hall–Kier alpha value is -3.88. The molecule has 0 aliphatic carbocycles. The molecule has 4 N–H and O–H groups in total. The first kappa shape index (κ1) is 31.3. The molecule has 0 aliphatic heterocycles. The Labute approximate surface area is 230 Å². The molecular formula is C30H41N3O6. The van der Waals surface area contributed by atoms with Crippen molar-refractivity contribution in [3.8, 4) is 0 Å². The predicted octanol–water partition coefficient (Wildman–Crippen LogP) is 3.86. The maximum absolute atomic E-state index is 13.4. The fourth-order valence-corrected chi connectivity index (χ4v) is 3.97. The second-order valence-electron chi connectivity index (χ2n) is 11.0. The molecule has 2 aromatic carbocycles. The Morgan fingerprint density at radius 2 is 1.28 bits per heavy atom. The monoisotopic (exact) mass is 539 g/mol. The maximum atomic E-state index is 13.4. The lowest BCUT2D eigenvalue weighted by molar-refractivity contribution is -0.142. The van der Waals surface area contributed by atoms with Crippen LogP contribution in [-0.4, -0.2) is 52.7 Å². The Morgan fingerprint density at radius 3 is 1.79 bits per heavy atom. The number of aryl methyl sites for hydroxylation is 1. The van der Waals surface area contributed by atoms with Crippen molar-refractivity contribution >= 4 is 23.9 Å². The molecule has 0 fully saturated rings. The lowest BCUT2D eigenvalue weighted by atomic mass is 10.00. The molecule has 212 valence electrons. The van der Waals surface area contributed by atoms with Crippen molar-refractivity contribution in [1.29, 1.82) is 0 Å². The Bertz CT molecular complexity index is 1080. The van der Waals surface area contributed by atoms with E-state index in [1.165, 1.54) is 0 Å². The highest BCUT2D eigenvalue weighted by atomic mass is 16.6. The number of carbonyl (C=O) groups is 4. The molecule has 0 radical (unpaired) electrons. The topological polar surface area (TPSA) is 134 Å². The number of rotatable bonds is 13. The van der Waals surface area contributed by atoms with Crippen LogP contribution in [-0.2, 0) is 32.0 Å². The first-order chi connectivity index (χ1) is 18.3. The van der Waals surface area contributed by atoms with Crippen LogP contribution in [0.5, 0.6) is 0 Å². The van der Waals surface area contributed by atoms with E-state index in [1.807, 2.05) is 50.2 Å². The van der Waals surface area contributed by atoms with Gasteiger partial charge >= 0.3 is 12.1 Å². The molecule has 3 atom stereocenters. The van der Waals surface area contributed by atoms with Crippen molar-refractivity contribution in [2.75, 3.05) is 0 Å². The summed E-state index contributed by atoms with van der Waals surface area (Å²) in [5.41, 5.74) is 0.995. The number of hydrogen-bond donors (Lipinski definition) is 4. The van der Waals surface area contributed by atoms with E-state index in [-0.39, 0.29) is 25.2 Å². The van der Waals surface area contributed by atoms with Crippen LogP contribution in [0.3, 0.4) is 0 Å². The summed E-state index contributed by atoms with van der Waals surface area (Å²) in [7, 11) is 0. The number of aliphatic carboxylic acids is 1. The fourth-order valence-electron chi connectivity index (χ4n) is 3.97. The van der Waals surface area contributed by atoms with E-state index in [0.717, 1.165) is 11.1 Å². The van der Waals surface area contributed by atoms with Gasteiger partial charge in [-0.2, -0.15) is 0 Å². The van der Waals surface area contributed by atoms with Crippen molar-refractivity contribution in [3.63, 3.8) is 0 Å². The van der Waals surface area contributed by atoms with Gasteiger partial charge in [-0.05, 0) is 57.1 Å². The van der Waals surface area contributed by atoms with Gasteiger partial charge in [-0.15, -0.1) is 0 Å². The molecule has 2 aromatic rings. The lowest BCUT2D eigenvalue weighted by Gasteiger charge is -2.26. The highest BCUT2D eigenvalue weighted by Gasteiger charge is 2.31. The molecule has 0 saturated heterocycles. The number of carboxylic acid groups (broad SMARTS) is 1. The minimum Gasteiger partial charge on any atom is -0.480 e. The van der Waals surface area contributed by atoms with E-state index in [4.69, 9.17) is 4.74 Å². The second kappa shape index (κ2) is 14.9. The van der Waals surface area contributed by atoms with E-state index < -0.39 is 47.6 Å². The Kier molecular flexibility index (Phi) is 12.0. The highest BCUT2D eigenvalue weighted by Crippen LogP contribution is 2.12. The van der Waals surface area contributed by atoms with Gasteiger partial charge in [0.05, 0.1) is 0 Å². The second-order valence-corrected chi connectivity index (χ2v) is 11.0. The van der Waals surface area contributed by atoms with Crippen LogP contribution in [0.1, 0.15) is 58.6 Å². The quantitative estimate of drug-likeness (QED) is 0.306. The smallest absolute Gasteiger partial charge is 0.408 e. The third-order valence-corrected chi connectivity index (χ3v) is 5.81. The summed E-state index contributed by atoms with van der Waals surface area (Å²) < 4.78 is 5.35. The standard InChI is InChI=1S/C30H41N3O6/c1-20(2)18-24(27(35)32-25(28(36)37)19-22-14-10-7-11-15-22)31-26(34)23(33-29(38)39-30(3,4)5)17-16-21-12-8-6-9-13-21/h6-15,20,23-25H,16-19H2,1-5H3,(H,31,34)(H,32,35)(H,33,38)(H,36,37)/t23-,24?,25-/m0/s1. The SMILES string of the molecule is CC(C)CC(NC(=O)[C@H](CCc1ccccc1)NC(=O)OC(C)(C)C)C(=O)N[C@@H](Cc1ccccc1)C(=O)O. The molecule has 0 spiro atoms. The molecule has 0 bridgehead atoms. The number of ether oxygens (including phenoxy) is 1. The van der Waals surface area contributed by atoms with Crippen molar-refractivity contribution in [2.24, 2.45) is 5.92 Å². The minimum atomic E-state index is -1.17. The molecule has 9 heteroatoms. The molecule has 0 saturated carbocycles. The van der Waals surface area contributed by atoms with Crippen molar-refractivity contribution < 1.29 is 29.0 Å². The van der Waals surface area contributed by atoms with Gasteiger partial charge in [-0.1, -0.05) is 74.5 Å². The summed E-state index contributed by atoms with van der Waals surface area (Å²) in [6.45, 7) is 8.97. The molecule has 0 aromatic heterocycles. The third kappa shape index (κ3) is 12.0. The van der Waals surface area contributed by atoms with Crippen LogP contribution in [0.15, 0.2) is 60.7 Å². The van der Waals surface area contributed by atoms with Gasteiger partial charge in [0.15, 0.2) is 0 Å². The molecule has 0 heterocycles. The zero-order chi connectivity index (χ0) is 29.0. The van der Waals surface area contributed by atoms with Crippen LogP contribution in [0.2, 0.25) is 0 Å². The van der Waals surface area contributed by atoms with Crippen molar-refractivity contribution in [2.45, 2.75) is 84.0 Å². The Balaban J connectivity index is 2.17. The molecule has 2 rings (SSSR count). The first-order valence-corrected chi connectivity index (χ1v) is 13.2. The summed E-state index contributed by atoms with van der Waals surface area (Å²) in [4.78, 5) is 51.0. The van der Waals surface area contributed by atoms with Crippen LogP contribution in [0.4, 0.5) is 4.79 Å². The summed E-state index contributed by atoms with van der Waals surface area (Å²) >= 11 is 0. The van der Waals surface area contributed by atoms with Gasteiger partial charge in [-0.3, -0.25) is 9.59 Å². The number of benzene rings is 2. The summed E-state index contributed by atoms with van der Waals surface area (Å²) in [6.07, 6.45) is 0.427. The van der Waals surface area contributed by atoms with E-state index in [2.05, 4.69) is 16.0 Å². The summed E-state index contributed by atoms with van der Waals surface area (Å²) in [5.74, 6) is -2.29. The van der Waals surface area contributed by atoms with Crippen LogP contribution in [0, 0.1) is 5.92 Å². The van der Waals surface area contributed by atoms with E-state index in [0.29, 0.717) is 6.42 Å². The fraction of sp³-hybridized carbons (Fsp3) is 0.467. The van der Waals surface area contributed by atoms with Crippen LogP contribution >= 0.6 is 0 Å². The van der Waals surface area contributed by atoms with Gasteiger partial charge in [0.2, 0.25) is 11.8 Å².